The lowest BCUT2D eigenvalue weighted by molar-refractivity contribution is -0.195. The van der Waals surface area contributed by atoms with Gasteiger partial charge in [0.05, 0.1) is 0 Å². The summed E-state index contributed by atoms with van der Waals surface area (Å²) in [6.07, 6.45) is 4.28. The second-order valence-corrected chi connectivity index (χ2v) is 5.38. The summed E-state index contributed by atoms with van der Waals surface area (Å²) < 4.78 is 0. The molecule has 0 heterocycles. The number of rotatable bonds is 11. The number of carbonyl (C=O) groups excluding carboxylic acids is 4. The zero-order valence-corrected chi connectivity index (χ0v) is 14.4. The first-order chi connectivity index (χ1) is 11.8. The van der Waals surface area contributed by atoms with Gasteiger partial charge in [-0.05, 0) is 12.8 Å². The Kier molecular flexibility index (Phi) is 11.3. The van der Waals surface area contributed by atoms with Gasteiger partial charge in [-0.3, -0.25) is 9.59 Å². The third kappa shape index (κ3) is 11.5. The number of aldehydes is 1. The van der Waals surface area contributed by atoms with E-state index >= 15 is 0 Å². The number of amides is 2. The molecule has 25 heavy (non-hydrogen) atoms. The van der Waals surface area contributed by atoms with E-state index in [2.05, 4.69) is 5.32 Å². The fourth-order valence-corrected chi connectivity index (χ4v) is 1.79. The lowest BCUT2D eigenvalue weighted by atomic mass is 10.1. The average molecular weight is 356 g/mol. The molecule has 0 aromatic rings. The third-order valence-corrected chi connectivity index (χ3v) is 3.15. The number of hydroxylamine groups is 2. The number of nitrogens with zero attached hydrogens (tertiary/aromatic N) is 1. The number of hydrogen-bond acceptors (Lipinski definition) is 6. The highest BCUT2D eigenvalue weighted by Crippen LogP contribution is 2.07. The summed E-state index contributed by atoms with van der Waals surface area (Å²) in [5.41, 5.74) is 0. The molecule has 0 aliphatic carbocycles. The van der Waals surface area contributed by atoms with Crippen LogP contribution in [0.5, 0.6) is 0 Å². The maximum Gasteiger partial charge on any atom is 0.332 e. The normalized spacial score (nSPS) is 11.6. The Hall–Kier alpha value is -2.71. The SMILES string of the molecule is CC(CC=O)C(=O)N(C)OC(=O)CCCCCNC(=O)/C=C\C(=O)O. The molecule has 0 rings (SSSR count). The van der Waals surface area contributed by atoms with Crippen molar-refractivity contribution in [2.24, 2.45) is 5.92 Å². The highest BCUT2D eigenvalue weighted by molar-refractivity contribution is 5.93. The molecule has 0 fully saturated rings. The van der Waals surface area contributed by atoms with E-state index in [1.165, 1.54) is 7.05 Å². The molecule has 0 saturated carbocycles. The van der Waals surface area contributed by atoms with Crippen molar-refractivity contribution >= 4 is 30.0 Å². The van der Waals surface area contributed by atoms with Gasteiger partial charge in [0.1, 0.15) is 6.29 Å². The van der Waals surface area contributed by atoms with Crippen LogP contribution in [0.15, 0.2) is 12.2 Å². The second kappa shape index (κ2) is 12.7. The number of nitrogens with one attached hydrogen (secondary N) is 1. The van der Waals surface area contributed by atoms with Gasteiger partial charge in [-0.2, -0.15) is 5.06 Å². The second-order valence-electron chi connectivity index (χ2n) is 5.38. The molecule has 0 radical (unpaired) electrons. The number of hydrogen-bond donors (Lipinski definition) is 2. The zero-order chi connectivity index (χ0) is 19.2. The molecule has 2 N–H and O–H groups in total. The van der Waals surface area contributed by atoms with E-state index in [0.29, 0.717) is 32.1 Å². The molecule has 0 spiro atoms. The molecule has 0 bridgehead atoms. The molecule has 9 nitrogen and oxygen atoms in total. The summed E-state index contributed by atoms with van der Waals surface area (Å²) in [6.45, 7) is 1.93. The maximum atomic E-state index is 11.8. The third-order valence-electron chi connectivity index (χ3n) is 3.15. The minimum Gasteiger partial charge on any atom is -0.478 e. The molecule has 140 valence electrons. The zero-order valence-electron chi connectivity index (χ0n) is 14.4. The number of carboxylic acid groups (broad SMARTS) is 1. The van der Waals surface area contributed by atoms with Crippen LogP contribution in [-0.2, 0) is 28.8 Å². The number of unbranched alkanes of at least 4 members (excludes halogenated alkanes) is 2. The van der Waals surface area contributed by atoms with Crippen molar-refractivity contribution in [1.29, 1.82) is 0 Å². The fraction of sp³-hybridized carbons (Fsp3) is 0.562. The Morgan fingerprint density at radius 1 is 1.16 bits per heavy atom. The van der Waals surface area contributed by atoms with Crippen LogP contribution in [0.1, 0.15) is 39.0 Å². The molecule has 9 heteroatoms. The molecular formula is C16H24N2O7. The topological polar surface area (TPSA) is 130 Å². The van der Waals surface area contributed by atoms with Crippen LogP contribution in [0.2, 0.25) is 0 Å². The largest absolute Gasteiger partial charge is 0.478 e. The fourth-order valence-electron chi connectivity index (χ4n) is 1.79. The van der Waals surface area contributed by atoms with E-state index in [9.17, 15) is 24.0 Å². The van der Waals surface area contributed by atoms with Crippen LogP contribution in [-0.4, -0.2) is 53.8 Å². The van der Waals surface area contributed by atoms with Gasteiger partial charge in [0, 0.05) is 44.5 Å². The van der Waals surface area contributed by atoms with Gasteiger partial charge in [-0.1, -0.05) is 13.3 Å². The van der Waals surface area contributed by atoms with E-state index in [0.717, 1.165) is 17.2 Å². The van der Waals surface area contributed by atoms with Gasteiger partial charge >= 0.3 is 11.9 Å². The van der Waals surface area contributed by atoms with Gasteiger partial charge in [-0.15, -0.1) is 0 Å². The lowest BCUT2D eigenvalue weighted by Crippen LogP contribution is -2.34. The Balaban J connectivity index is 3.83. The predicted molar refractivity (Wildman–Crippen MR) is 87.0 cm³/mol. The summed E-state index contributed by atoms with van der Waals surface area (Å²) in [5, 5.41) is 11.7. The number of carboxylic acids is 1. The Bertz CT molecular complexity index is 517. The first kappa shape index (κ1) is 22.3. The summed E-state index contributed by atoms with van der Waals surface area (Å²) in [4.78, 5) is 60.0. The van der Waals surface area contributed by atoms with Gasteiger partial charge in [0.25, 0.3) is 5.91 Å². The van der Waals surface area contributed by atoms with Crippen LogP contribution < -0.4 is 5.32 Å². The monoisotopic (exact) mass is 356 g/mol. The van der Waals surface area contributed by atoms with Crippen molar-refractivity contribution < 1.29 is 33.9 Å². The van der Waals surface area contributed by atoms with Crippen LogP contribution in [0, 0.1) is 5.92 Å². The first-order valence-corrected chi connectivity index (χ1v) is 7.88. The van der Waals surface area contributed by atoms with Crippen molar-refractivity contribution in [1.82, 2.24) is 10.4 Å². The Morgan fingerprint density at radius 2 is 1.84 bits per heavy atom. The smallest absolute Gasteiger partial charge is 0.332 e. The van der Waals surface area contributed by atoms with Crippen LogP contribution in [0.3, 0.4) is 0 Å². The predicted octanol–water partition coefficient (Wildman–Crippen LogP) is 0.446. The van der Waals surface area contributed by atoms with Crippen molar-refractivity contribution in [2.75, 3.05) is 13.6 Å². The molecule has 1 atom stereocenters. The molecule has 2 amide bonds. The summed E-state index contributed by atoms with van der Waals surface area (Å²) in [6, 6.07) is 0. The van der Waals surface area contributed by atoms with Crippen molar-refractivity contribution in [3.63, 3.8) is 0 Å². The minimum atomic E-state index is -1.20. The molecule has 0 aromatic heterocycles. The van der Waals surface area contributed by atoms with Crippen molar-refractivity contribution in [3.05, 3.63) is 12.2 Å². The van der Waals surface area contributed by atoms with Crippen LogP contribution >= 0.6 is 0 Å². The molecule has 0 aliphatic heterocycles. The number of aliphatic carboxylic acids is 1. The number of carbonyl (C=O) groups is 5. The van der Waals surface area contributed by atoms with Crippen molar-refractivity contribution in [3.8, 4) is 0 Å². The summed E-state index contributed by atoms with van der Waals surface area (Å²) >= 11 is 0. The van der Waals surface area contributed by atoms with E-state index in [1.54, 1.807) is 6.92 Å². The highest BCUT2D eigenvalue weighted by Gasteiger charge is 2.20. The highest BCUT2D eigenvalue weighted by atomic mass is 16.7. The molecular weight excluding hydrogens is 332 g/mol. The van der Waals surface area contributed by atoms with Gasteiger partial charge in [-0.25, -0.2) is 9.59 Å². The van der Waals surface area contributed by atoms with Crippen LogP contribution in [0.25, 0.3) is 0 Å². The molecule has 0 saturated heterocycles. The molecule has 0 aromatic carbocycles. The summed E-state index contributed by atoms with van der Waals surface area (Å²) in [5.74, 6) is -3.24. The minimum absolute atomic E-state index is 0.0636. The summed E-state index contributed by atoms with van der Waals surface area (Å²) in [7, 11) is 1.32. The lowest BCUT2D eigenvalue weighted by Gasteiger charge is -2.19. The van der Waals surface area contributed by atoms with E-state index in [4.69, 9.17) is 9.94 Å². The molecule has 0 aliphatic rings. The molecule has 1 unspecified atom stereocenters. The first-order valence-electron chi connectivity index (χ1n) is 7.88. The Labute approximate surface area is 146 Å². The standard InChI is InChI=1S/C16H24N2O7/c1-12(9-11-19)16(24)18(2)25-15(23)6-4-3-5-10-17-13(20)7-8-14(21)22/h7-8,11-12H,3-6,9-10H2,1-2H3,(H,17,20)(H,21,22)/b8-7-. The van der Waals surface area contributed by atoms with Gasteiger partial charge in [0.15, 0.2) is 0 Å². The average Bonchev–Trinajstić information content (AvgIpc) is 2.55. The van der Waals surface area contributed by atoms with Gasteiger partial charge < -0.3 is 20.1 Å². The quantitative estimate of drug-likeness (QED) is 0.238. The Morgan fingerprint density at radius 3 is 2.44 bits per heavy atom. The van der Waals surface area contributed by atoms with E-state index in [1.807, 2.05) is 0 Å². The van der Waals surface area contributed by atoms with E-state index < -0.39 is 29.7 Å². The maximum absolute atomic E-state index is 11.8. The van der Waals surface area contributed by atoms with Gasteiger partial charge in [0.2, 0.25) is 5.91 Å². The van der Waals surface area contributed by atoms with Crippen LogP contribution in [0.4, 0.5) is 0 Å². The van der Waals surface area contributed by atoms with E-state index in [-0.39, 0.29) is 12.8 Å². The van der Waals surface area contributed by atoms with Crippen molar-refractivity contribution in [2.45, 2.75) is 39.0 Å².